The van der Waals surface area contributed by atoms with Gasteiger partial charge in [-0.25, -0.2) is 0 Å². The fraction of sp³-hybridized carbons (Fsp3) is 0.450. The molecule has 2 aromatic carbocycles. The molecule has 5 heteroatoms. The monoisotopic (exact) mass is 404 g/mol. The Hall–Kier alpha value is -1.59. The van der Waals surface area contributed by atoms with Crippen LogP contribution in [0.2, 0.25) is 0 Å². The molecule has 2 aromatic rings. The van der Waals surface area contributed by atoms with Gasteiger partial charge in [0.15, 0.2) is 6.61 Å². The molecule has 4 nitrogen and oxygen atoms in total. The minimum Gasteiger partial charge on any atom is -0.484 e. The summed E-state index contributed by atoms with van der Waals surface area (Å²) in [5.41, 5.74) is 0. The Morgan fingerprint density at radius 2 is 2.00 bits per heavy atom. The molecular formula is C20H25BrN2O2. The van der Waals surface area contributed by atoms with E-state index in [0.717, 1.165) is 40.4 Å². The normalized spacial score (nSPS) is 21.3. The number of hydrogen-bond acceptors (Lipinski definition) is 3. The van der Waals surface area contributed by atoms with Crippen LogP contribution in [0.25, 0.3) is 10.8 Å². The Kier molecular flexibility index (Phi) is 5.64. The standard InChI is InChI=1S/C20H25BrN2O2/c1-14-10-18(8-9-22(14)2)23(3)20(24)13-25-19-7-5-15-11-17(21)6-4-16(15)12-19/h4-7,11-12,14,18H,8-10,13H2,1-3H3/t14-,18+/m1/s1. The molecule has 0 N–H and O–H groups in total. The molecule has 2 atom stereocenters. The maximum atomic E-state index is 12.5. The van der Waals surface area contributed by atoms with Gasteiger partial charge in [-0.2, -0.15) is 0 Å². The molecule has 1 saturated heterocycles. The summed E-state index contributed by atoms with van der Waals surface area (Å²) in [5, 5.41) is 2.25. The average Bonchev–Trinajstić information content (AvgIpc) is 2.61. The van der Waals surface area contributed by atoms with E-state index in [9.17, 15) is 4.79 Å². The summed E-state index contributed by atoms with van der Waals surface area (Å²) in [7, 11) is 4.04. The molecule has 0 spiro atoms. The van der Waals surface area contributed by atoms with E-state index in [2.05, 4.69) is 40.9 Å². The maximum absolute atomic E-state index is 12.5. The third kappa shape index (κ3) is 4.33. The first kappa shape index (κ1) is 18.2. The number of likely N-dealkylation sites (tertiary alicyclic amines) is 1. The smallest absolute Gasteiger partial charge is 0.260 e. The summed E-state index contributed by atoms with van der Waals surface area (Å²) in [6.45, 7) is 3.33. The van der Waals surface area contributed by atoms with E-state index in [1.165, 1.54) is 0 Å². The molecule has 0 aromatic heterocycles. The summed E-state index contributed by atoms with van der Waals surface area (Å²) in [5.74, 6) is 0.769. The van der Waals surface area contributed by atoms with Crippen LogP contribution in [0.3, 0.4) is 0 Å². The van der Waals surface area contributed by atoms with Crippen LogP contribution in [0.1, 0.15) is 19.8 Å². The molecule has 0 bridgehead atoms. The highest BCUT2D eigenvalue weighted by molar-refractivity contribution is 9.10. The number of halogens is 1. The lowest BCUT2D eigenvalue weighted by Crippen LogP contribution is -2.49. The summed E-state index contributed by atoms with van der Waals surface area (Å²) in [6.07, 6.45) is 2.04. The van der Waals surface area contributed by atoms with Crippen molar-refractivity contribution in [3.63, 3.8) is 0 Å². The molecule has 1 heterocycles. The first-order valence-electron chi connectivity index (χ1n) is 8.72. The van der Waals surface area contributed by atoms with Gasteiger partial charge in [-0.05, 0) is 61.9 Å². The Labute approximate surface area is 157 Å². The highest BCUT2D eigenvalue weighted by Gasteiger charge is 2.28. The number of rotatable bonds is 4. The highest BCUT2D eigenvalue weighted by atomic mass is 79.9. The van der Waals surface area contributed by atoms with Gasteiger partial charge in [-0.3, -0.25) is 4.79 Å². The first-order valence-corrected chi connectivity index (χ1v) is 9.51. The van der Waals surface area contributed by atoms with Crippen molar-refractivity contribution >= 4 is 32.6 Å². The molecule has 1 fully saturated rings. The van der Waals surface area contributed by atoms with Gasteiger partial charge in [0.25, 0.3) is 5.91 Å². The van der Waals surface area contributed by atoms with E-state index in [1.54, 1.807) is 0 Å². The van der Waals surface area contributed by atoms with Crippen molar-refractivity contribution in [1.29, 1.82) is 0 Å². The quantitative estimate of drug-likeness (QED) is 0.773. The Balaban J connectivity index is 1.59. The minimum absolute atomic E-state index is 0.0395. The topological polar surface area (TPSA) is 32.8 Å². The first-order chi connectivity index (χ1) is 11.9. The predicted molar refractivity (Wildman–Crippen MR) is 105 cm³/mol. The van der Waals surface area contributed by atoms with E-state index >= 15 is 0 Å². The summed E-state index contributed by atoms with van der Waals surface area (Å²) in [6, 6.07) is 12.8. The van der Waals surface area contributed by atoms with Gasteiger partial charge in [0.2, 0.25) is 0 Å². The fourth-order valence-corrected chi connectivity index (χ4v) is 3.73. The highest BCUT2D eigenvalue weighted by Crippen LogP contribution is 2.24. The van der Waals surface area contributed by atoms with Crippen molar-refractivity contribution in [2.45, 2.75) is 31.8 Å². The van der Waals surface area contributed by atoms with Crippen molar-refractivity contribution in [1.82, 2.24) is 9.80 Å². The zero-order valence-corrected chi connectivity index (χ0v) is 16.6. The lowest BCUT2D eigenvalue weighted by molar-refractivity contribution is -0.135. The summed E-state index contributed by atoms with van der Waals surface area (Å²) in [4.78, 5) is 16.7. The number of hydrogen-bond donors (Lipinski definition) is 0. The summed E-state index contributed by atoms with van der Waals surface area (Å²) < 4.78 is 6.81. The fourth-order valence-electron chi connectivity index (χ4n) is 3.35. The van der Waals surface area contributed by atoms with Crippen LogP contribution >= 0.6 is 15.9 Å². The van der Waals surface area contributed by atoms with Gasteiger partial charge in [0.05, 0.1) is 0 Å². The number of carbonyl (C=O) groups excluding carboxylic acids is 1. The van der Waals surface area contributed by atoms with Crippen molar-refractivity contribution in [2.75, 3.05) is 27.2 Å². The number of benzene rings is 2. The van der Waals surface area contributed by atoms with Crippen LogP contribution in [-0.2, 0) is 4.79 Å². The molecular weight excluding hydrogens is 380 g/mol. The van der Waals surface area contributed by atoms with Gasteiger partial charge < -0.3 is 14.5 Å². The second-order valence-electron chi connectivity index (χ2n) is 6.95. The molecule has 1 aliphatic rings. The maximum Gasteiger partial charge on any atom is 0.260 e. The van der Waals surface area contributed by atoms with E-state index in [1.807, 2.05) is 42.3 Å². The lowest BCUT2D eigenvalue weighted by atomic mass is 9.98. The van der Waals surface area contributed by atoms with Crippen molar-refractivity contribution < 1.29 is 9.53 Å². The molecule has 0 radical (unpaired) electrons. The second-order valence-corrected chi connectivity index (χ2v) is 7.87. The number of nitrogens with zero attached hydrogens (tertiary/aromatic N) is 2. The molecule has 134 valence electrons. The van der Waals surface area contributed by atoms with Gasteiger partial charge in [0.1, 0.15) is 5.75 Å². The number of piperidine rings is 1. The van der Waals surface area contributed by atoms with Crippen LogP contribution in [0.5, 0.6) is 5.75 Å². The van der Waals surface area contributed by atoms with E-state index in [-0.39, 0.29) is 12.5 Å². The molecule has 3 rings (SSSR count). The van der Waals surface area contributed by atoms with Gasteiger partial charge in [-0.15, -0.1) is 0 Å². The van der Waals surface area contributed by atoms with Gasteiger partial charge in [0, 0.05) is 30.1 Å². The van der Waals surface area contributed by atoms with Crippen molar-refractivity contribution in [3.05, 3.63) is 40.9 Å². The van der Waals surface area contributed by atoms with Crippen LogP contribution in [0, 0.1) is 0 Å². The number of carbonyl (C=O) groups is 1. The molecule has 1 amide bonds. The molecule has 0 unspecified atom stereocenters. The van der Waals surface area contributed by atoms with Crippen LogP contribution < -0.4 is 4.74 Å². The average molecular weight is 405 g/mol. The predicted octanol–water partition coefficient (Wildman–Crippen LogP) is 3.92. The van der Waals surface area contributed by atoms with Crippen LogP contribution in [0.4, 0.5) is 0 Å². The third-order valence-corrected chi connectivity index (χ3v) is 5.75. The second kappa shape index (κ2) is 7.75. The molecule has 25 heavy (non-hydrogen) atoms. The molecule has 0 saturated carbocycles. The van der Waals surface area contributed by atoms with Gasteiger partial charge in [-0.1, -0.05) is 28.1 Å². The SMILES string of the molecule is C[C@@H]1C[C@@H](N(C)C(=O)COc2ccc3cc(Br)ccc3c2)CCN1C. The lowest BCUT2D eigenvalue weighted by Gasteiger charge is -2.39. The Morgan fingerprint density at radius 1 is 1.28 bits per heavy atom. The Bertz CT molecular complexity index is 764. The minimum atomic E-state index is 0.0395. The summed E-state index contributed by atoms with van der Waals surface area (Å²) >= 11 is 3.48. The number of likely N-dealkylation sites (N-methyl/N-ethyl adjacent to an activating group) is 1. The number of amides is 1. The van der Waals surface area contributed by atoms with E-state index in [0.29, 0.717) is 12.1 Å². The van der Waals surface area contributed by atoms with E-state index in [4.69, 9.17) is 4.74 Å². The van der Waals surface area contributed by atoms with Crippen LogP contribution in [0.15, 0.2) is 40.9 Å². The zero-order valence-electron chi connectivity index (χ0n) is 15.0. The largest absolute Gasteiger partial charge is 0.484 e. The number of fused-ring (bicyclic) bond motifs is 1. The van der Waals surface area contributed by atoms with Crippen molar-refractivity contribution in [2.24, 2.45) is 0 Å². The molecule has 1 aliphatic heterocycles. The van der Waals surface area contributed by atoms with E-state index < -0.39 is 0 Å². The van der Waals surface area contributed by atoms with Crippen LogP contribution in [-0.4, -0.2) is 55.0 Å². The molecule has 0 aliphatic carbocycles. The Morgan fingerprint density at radius 3 is 2.76 bits per heavy atom. The van der Waals surface area contributed by atoms with Gasteiger partial charge >= 0.3 is 0 Å². The zero-order chi connectivity index (χ0) is 18.0. The van der Waals surface area contributed by atoms with Crippen molar-refractivity contribution in [3.8, 4) is 5.75 Å². The third-order valence-electron chi connectivity index (χ3n) is 5.26. The number of ether oxygens (including phenoxy) is 1.